The predicted octanol–water partition coefficient (Wildman–Crippen LogP) is 5.18. The van der Waals surface area contributed by atoms with Gasteiger partial charge in [-0.25, -0.2) is 23.1 Å². The number of esters is 1. The van der Waals surface area contributed by atoms with Crippen LogP contribution in [0.2, 0.25) is 0 Å². The van der Waals surface area contributed by atoms with Gasteiger partial charge in [-0.15, -0.1) is 0 Å². The maximum absolute atomic E-state index is 13.9. The van der Waals surface area contributed by atoms with Gasteiger partial charge in [-0.2, -0.15) is 5.10 Å². The fraction of sp³-hybridized carbons (Fsp3) is 0.222. The molecular weight excluding hydrogens is 620 g/mol. The van der Waals surface area contributed by atoms with Gasteiger partial charge in [0.05, 0.1) is 30.5 Å². The van der Waals surface area contributed by atoms with Crippen LogP contribution in [-0.4, -0.2) is 45.3 Å². The Kier molecular flexibility index (Phi) is 8.81. The lowest BCUT2D eigenvalue weighted by Crippen LogP contribution is -2.31. The van der Waals surface area contributed by atoms with Crippen molar-refractivity contribution in [2.75, 3.05) is 7.11 Å². The molecule has 0 spiro atoms. The zero-order valence-electron chi connectivity index (χ0n) is 26.4. The number of halogens is 2. The molecule has 0 bridgehead atoms. The number of methoxy groups -OCH3 is 1. The molecule has 0 saturated carbocycles. The molecule has 2 N–H and O–H groups in total. The Balaban J connectivity index is 1.34. The van der Waals surface area contributed by atoms with Gasteiger partial charge in [0.15, 0.2) is 23.1 Å². The van der Waals surface area contributed by atoms with Crippen LogP contribution >= 0.6 is 0 Å². The molecule has 2 aromatic heterocycles. The van der Waals surface area contributed by atoms with Crippen molar-refractivity contribution in [3.63, 3.8) is 0 Å². The molecule has 3 aromatic carbocycles. The van der Waals surface area contributed by atoms with Crippen LogP contribution in [0.5, 0.6) is 0 Å². The van der Waals surface area contributed by atoms with Gasteiger partial charge in [0.2, 0.25) is 0 Å². The largest absolute Gasteiger partial charge is 0.465 e. The summed E-state index contributed by atoms with van der Waals surface area (Å²) in [6.07, 6.45) is 2.57. The van der Waals surface area contributed by atoms with E-state index >= 15 is 0 Å². The van der Waals surface area contributed by atoms with E-state index in [4.69, 9.17) is 4.74 Å². The molecule has 10 nitrogen and oxygen atoms in total. The number of rotatable bonds is 9. The fourth-order valence-corrected chi connectivity index (χ4v) is 6.03. The van der Waals surface area contributed by atoms with E-state index in [2.05, 4.69) is 20.7 Å². The molecule has 1 aliphatic rings. The minimum atomic E-state index is -1.05. The normalized spacial score (nSPS) is 13.6. The number of hydrogen-bond acceptors (Lipinski definition) is 7. The lowest BCUT2D eigenvalue weighted by molar-refractivity contribution is 0.0599. The van der Waals surface area contributed by atoms with E-state index in [1.165, 1.54) is 30.0 Å². The number of fused-ring (bicyclic) bond motifs is 2. The third kappa shape index (κ3) is 6.16. The zero-order chi connectivity index (χ0) is 34.1. The van der Waals surface area contributed by atoms with Gasteiger partial charge in [0, 0.05) is 19.0 Å². The van der Waals surface area contributed by atoms with Crippen LogP contribution in [0.15, 0.2) is 66.9 Å². The highest BCUT2D eigenvalue weighted by molar-refractivity contribution is 6.05. The van der Waals surface area contributed by atoms with Crippen molar-refractivity contribution in [2.24, 2.45) is 0 Å². The first-order valence-corrected chi connectivity index (χ1v) is 15.3. The number of carbonyl (C=O) groups is 4. The van der Waals surface area contributed by atoms with Crippen molar-refractivity contribution < 1.29 is 32.7 Å². The van der Waals surface area contributed by atoms with Crippen LogP contribution in [0.25, 0.3) is 5.65 Å². The summed E-state index contributed by atoms with van der Waals surface area (Å²) in [5.41, 5.74) is 5.03. The van der Waals surface area contributed by atoms with Gasteiger partial charge in [0.25, 0.3) is 11.8 Å². The minimum absolute atomic E-state index is 0.0181. The Labute approximate surface area is 274 Å². The fourth-order valence-electron chi connectivity index (χ4n) is 6.03. The summed E-state index contributed by atoms with van der Waals surface area (Å²) in [5, 5.41) is 9.96. The van der Waals surface area contributed by atoms with E-state index < -0.39 is 35.5 Å². The molecule has 0 radical (unpaired) electrons. The minimum Gasteiger partial charge on any atom is -0.465 e. The Hall–Kier alpha value is -5.78. The summed E-state index contributed by atoms with van der Waals surface area (Å²) in [6, 6.07) is 15.1. The number of aryl methyl sites for hydroxylation is 1. The summed E-state index contributed by atoms with van der Waals surface area (Å²) in [4.78, 5) is 57.4. The highest BCUT2D eigenvalue weighted by Crippen LogP contribution is 2.35. The molecule has 12 heteroatoms. The second-order valence-corrected chi connectivity index (χ2v) is 11.6. The Morgan fingerprint density at radius 3 is 2.50 bits per heavy atom. The summed E-state index contributed by atoms with van der Waals surface area (Å²) in [5.74, 6) is -4.08. The first kappa shape index (κ1) is 32.2. The quantitative estimate of drug-likeness (QED) is 0.166. The van der Waals surface area contributed by atoms with E-state index in [1.807, 2.05) is 38.1 Å². The number of nitrogens with zero attached hydrogens (tertiary/aromatic N) is 3. The number of carbonyl (C=O) groups excluding carboxylic acids is 4. The Morgan fingerprint density at radius 2 is 1.75 bits per heavy atom. The molecule has 6 rings (SSSR count). The number of ketones is 1. The van der Waals surface area contributed by atoms with Gasteiger partial charge in [-0.05, 0) is 78.3 Å². The summed E-state index contributed by atoms with van der Waals surface area (Å²) in [7, 11) is 1.32. The van der Waals surface area contributed by atoms with Gasteiger partial charge < -0.3 is 15.4 Å². The van der Waals surface area contributed by atoms with Gasteiger partial charge in [-0.3, -0.25) is 14.4 Å². The number of aromatic nitrogens is 3. The maximum atomic E-state index is 13.9. The average molecular weight is 652 g/mol. The summed E-state index contributed by atoms with van der Waals surface area (Å²) >= 11 is 0. The van der Waals surface area contributed by atoms with Gasteiger partial charge >= 0.3 is 5.97 Å². The van der Waals surface area contributed by atoms with Crippen molar-refractivity contribution in [1.82, 2.24) is 25.2 Å². The van der Waals surface area contributed by atoms with Crippen LogP contribution in [0.1, 0.15) is 87.5 Å². The molecule has 1 atom stereocenters. The molecule has 2 amide bonds. The SMILES string of the molecule is COC(=O)c1ccc2c(c1C)CC[C@@H]2NC(=O)c1cc(C(=O)NCc2ccc(F)c(F)c2)nc2c(C(=O)Cc3ccccc3C)cnn12. The second kappa shape index (κ2) is 13.1. The number of hydrogen-bond donors (Lipinski definition) is 2. The number of ether oxygens (including phenoxy) is 1. The van der Waals surface area contributed by atoms with Crippen LogP contribution in [0.4, 0.5) is 8.78 Å². The molecule has 0 saturated heterocycles. The molecule has 2 heterocycles. The van der Waals surface area contributed by atoms with E-state index in [0.717, 1.165) is 39.9 Å². The molecule has 0 aliphatic heterocycles. The zero-order valence-corrected chi connectivity index (χ0v) is 26.4. The Morgan fingerprint density at radius 1 is 0.958 bits per heavy atom. The van der Waals surface area contributed by atoms with E-state index in [-0.39, 0.29) is 41.3 Å². The number of benzene rings is 3. The first-order valence-electron chi connectivity index (χ1n) is 15.3. The van der Waals surface area contributed by atoms with Crippen LogP contribution < -0.4 is 10.6 Å². The van der Waals surface area contributed by atoms with E-state index in [0.29, 0.717) is 24.0 Å². The van der Waals surface area contributed by atoms with Crippen molar-refractivity contribution in [3.05, 3.63) is 134 Å². The maximum Gasteiger partial charge on any atom is 0.338 e. The Bertz CT molecular complexity index is 2130. The second-order valence-electron chi connectivity index (χ2n) is 11.6. The van der Waals surface area contributed by atoms with Gasteiger partial charge in [-0.1, -0.05) is 36.4 Å². The lowest BCUT2D eigenvalue weighted by Gasteiger charge is -2.16. The van der Waals surface area contributed by atoms with Crippen molar-refractivity contribution in [3.8, 4) is 0 Å². The smallest absolute Gasteiger partial charge is 0.338 e. The topological polar surface area (TPSA) is 132 Å². The molecule has 0 unspecified atom stereocenters. The molecule has 1 aliphatic carbocycles. The van der Waals surface area contributed by atoms with Gasteiger partial charge in [0.1, 0.15) is 11.4 Å². The number of Topliss-reactive ketones (excluding diaryl/α,β-unsaturated/α-hetero) is 1. The number of amides is 2. The monoisotopic (exact) mass is 651 g/mol. The third-order valence-electron chi connectivity index (χ3n) is 8.69. The molecular formula is C36H31F2N5O5. The van der Waals surface area contributed by atoms with Crippen molar-refractivity contribution in [1.29, 1.82) is 0 Å². The molecule has 5 aromatic rings. The highest BCUT2D eigenvalue weighted by atomic mass is 19.2. The highest BCUT2D eigenvalue weighted by Gasteiger charge is 2.30. The summed E-state index contributed by atoms with van der Waals surface area (Å²) < 4.78 is 33.3. The van der Waals surface area contributed by atoms with E-state index in [1.54, 1.807) is 12.1 Å². The van der Waals surface area contributed by atoms with Crippen LogP contribution in [0.3, 0.4) is 0 Å². The van der Waals surface area contributed by atoms with Crippen LogP contribution in [0, 0.1) is 25.5 Å². The van der Waals surface area contributed by atoms with Crippen LogP contribution in [-0.2, 0) is 24.1 Å². The average Bonchev–Trinajstić information content (AvgIpc) is 3.70. The standard InChI is InChI=1S/C36H31F2N5O5/c1-19-6-4-5-7-22(19)15-32(44)26-18-40-43-31(16-30(41-33(26)43)34(45)39-17-21-8-12-27(37)28(38)14-21)35(46)42-29-13-11-23-20(2)24(36(47)48-3)9-10-25(23)29/h4-10,12,14,16,18,29H,11,13,15,17H2,1-3H3,(H,39,45)(H,42,46)/t29-/m0/s1. The van der Waals surface area contributed by atoms with Crippen molar-refractivity contribution in [2.45, 2.75) is 45.7 Å². The van der Waals surface area contributed by atoms with Crippen molar-refractivity contribution >= 4 is 29.2 Å². The van der Waals surface area contributed by atoms with E-state index in [9.17, 15) is 28.0 Å². The summed E-state index contributed by atoms with van der Waals surface area (Å²) in [6.45, 7) is 3.59. The third-order valence-corrected chi connectivity index (χ3v) is 8.69. The first-order chi connectivity index (χ1) is 23.0. The lowest BCUT2D eigenvalue weighted by atomic mass is 9.98. The molecule has 0 fully saturated rings. The molecule has 244 valence electrons. The predicted molar refractivity (Wildman–Crippen MR) is 171 cm³/mol. The molecule has 48 heavy (non-hydrogen) atoms. The number of nitrogens with one attached hydrogen (secondary N) is 2.